The first-order valence-corrected chi connectivity index (χ1v) is 10.5. The first kappa shape index (κ1) is 25.0. The molecular weight excluding hydrogens is 449 g/mol. The molecule has 7 nitrogen and oxygen atoms in total. The van der Waals surface area contributed by atoms with Crippen molar-refractivity contribution in [3.05, 3.63) is 71.3 Å². The van der Waals surface area contributed by atoms with Gasteiger partial charge in [0, 0.05) is 17.2 Å². The quantitative estimate of drug-likeness (QED) is 0.472. The number of alkyl halides is 3. The number of esters is 1. The van der Waals surface area contributed by atoms with Gasteiger partial charge in [0.15, 0.2) is 0 Å². The van der Waals surface area contributed by atoms with Crippen molar-refractivity contribution in [1.29, 1.82) is 0 Å². The molecule has 3 aromatic rings. The fourth-order valence-corrected chi connectivity index (χ4v) is 3.24. The molecule has 3 rings (SSSR count). The molecule has 2 unspecified atom stereocenters. The highest BCUT2D eigenvalue weighted by atomic mass is 19.4. The standard InChI is InChI=1S/C24H25F3N4O3/c1-3-33-22(32)18(28)12-15-6-10-16(11-7-15)19-13-20(31-23(29)30-19)34-21(24(25,26)27)17-8-4-14(2)5-9-17/h4-11,13,18,21H,3,12,28H2,1-2H3,(H2,29,30,31). The molecule has 0 amide bonds. The second kappa shape index (κ2) is 10.5. The van der Waals surface area contributed by atoms with Crippen LogP contribution in [0.2, 0.25) is 0 Å². The second-order valence-corrected chi connectivity index (χ2v) is 7.66. The minimum absolute atomic E-state index is 0.0564. The van der Waals surface area contributed by atoms with Crippen LogP contribution in [0, 0.1) is 6.92 Å². The normalized spacial score (nSPS) is 13.2. The molecule has 4 N–H and O–H groups in total. The Kier molecular flexibility index (Phi) is 7.72. The number of ether oxygens (including phenoxy) is 2. The largest absolute Gasteiger partial charge is 0.465 e. The summed E-state index contributed by atoms with van der Waals surface area (Å²) >= 11 is 0. The molecule has 0 aliphatic rings. The Labute approximate surface area is 194 Å². The van der Waals surface area contributed by atoms with Gasteiger partial charge < -0.3 is 20.9 Å². The molecule has 0 bridgehead atoms. The SMILES string of the molecule is CCOC(=O)C(N)Cc1ccc(-c2cc(OC(c3ccc(C)cc3)C(F)(F)F)nc(N)n2)cc1. The Morgan fingerprint density at radius 3 is 2.29 bits per heavy atom. The van der Waals surface area contributed by atoms with E-state index in [1.54, 1.807) is 50.2 Å². The zero-order valence-corrected chi connectivity index (χ0v) is 18.7. The van der Waals surface area contributed by atoms with Crippen molar-refractivity contribution in [2.75, 3.05) is 12.3 Å². The molecule has 0 spiro atoms. The van der Waals surface area contributed by atoms with Crippen molar-refractivity contribution in [2.45, 2.75) is 38.6 Å². The molecule has 0 radical (unpaired) electrons. The fourth-order valence-electron chi connectivity index (χ4n) is 3.24. The third-order valence-corrected chi connectivity index (χ3v) is 4.93. The third-order valence-electron chi connectivity index (χ3n) is 4.93. The Hall–Kier alpha value is -3.66. The van der Waals surface area contributed by atoms with Crippen LogP contribution in [0.15, 0.2) is 54.6 Å². The molecule has 0 saturated carbocycles. The number of anilines is 1. The molecule has 0 saturated heterocycles. The van der Waals surface area contributed by atoms with E-state index in [0.717, 1.165) is 11.1 Å². The average Bonchev–Trinajstić information content (AvgIpc) is 2.78. The Morgan fingerprint density at radius 2 is 1.71 bits per heavy atom. The predicted molar refractivity (Wildman–Crippen MR) is 121 cm³/mol. The molecule has 10 heteroatoms. The number of hydrogen-bond acceptors (Lipinski definition) is 7. The number of nitrogens with two attached hydrogens (primary N) is 2. The fraction of sp³-hybridized carbons (Fsp3) is 0.292. The Bertz CT molecular complexity index is 1120. The van der Waals surface area contributed by atoms with E-state index in [9.17, 15) is 18.0 Å². The highest BCUT2D eigenvalue weighted by Crippen LogP contribution is 2.37. The molecule has 34 heavy (non-hydrogen) atoms. The van der Waals surface area contributed by atoms with Gasteiger partial charge >= 0.3 is 12.1 Å². The lowest BCUT2D eigenvalue weighted by molar-refractivity contribution is -0.198. The van der Waals surface area contributed by atoms with E-state index in [1.165, 1.54) is 18.2 Å². The number of nitrogen functional groups attached to an aromatic ring is 1. The van der Waals surface area contributed by atoms with Crippen LogP contribution in [0.5, 0.6) is 5.88 Å². The number of aryl methyl sites for hydroxylation is 1. The number of carbonyl (C=O) groups is 1. The van der Waals surface area contributed by atoms with E-state index in [0.29, 0.717) is 5.56 Å². The van der Waals surface area contributed by atoms with Crippen LogP contribution in [-0.2, 0) is 16.0 Å². The van der Waals surface area contributed by atoms with Gasteiger partial charge in [-0.15, -0.1) is 0 Å². The zero-order chi connectivity index (χ0) is 24.9. The van der Waals surface area contributed by atoms with E-state index < -0.39 is 24.3 Å². The van der Waals surface area contributed by atoms with Crippen molar-refractivity contribution >= 4 is 11.9 Å². The van der Waals surface area contributed by atoms with Crippen LogP contribution < -0.4 is 16.2 Å². The summed E-state index contributed by atoms with van der Waals surface area (Å²) in [4.78, 5) is 19.7. The van der Waals surface area contributed by atoms with Gasteiger partial charge in [-0.1, -0.05) is 54.1 Å². The molecule has 180 valence electrons. The minimum atomic E-state index is -4.67. The summed E-state index contributed by atoms with van der Waals surface area (Å²) in [6.45, 7) is 3.72. The summed E-state index contributed by atoms with van der Waals surface area (Å²) in [5.74, 6) is -1.03. The Balaban J connectivity index is 1.82. The summed E-state index contributed by atoms with van der Waals surface area (Å²) in [6.07, 6.45) is -6.63. The first-order chi connectivity index (χ1) is 16.1. The zero-order valence-electron chi connectivity index (χ0n) is 18.7. The maximum absolute atomic E-state index is 13.7. The van der Waals surface area contributed by atoms with Crippen LogP contribution in [0.1, 0.15) is 29.7 Å². The Morgan fingerprint density at radius 1 is 1.06 bits per heavy atom. The van der Waals surface area contributed by atoms with E-state index in [1.807, 2.05) is 0 Å². The molecule has 0 aliphatic carbocycles. The summed E-state index contributed by atoms with van der Waals surface area (Å²) in [7, 11) is 0. The molecule has 2 aromatic carbocycles. The summed E-state index contributed by atoms with van der Waals surface area (Å²) in [5, 5.41) is 0. The highest BCUT2D eigenvalue weighted by molar-refractivity contribution is 5.76. The van der Waals surface area contributed by atoms with Gasteiger partial charge in [0.1, 0.15) is 6.04 Å². The van der Waals surface area contributed by atoms with E-state index in [-0.39, 0.29) is 36.1 Å². The highest BCUT2D eigenvalue weighted by Gasteiger charge is 2.43. The lowest BCUT2D eigenvalue weighted by atomic mass is 10.0. The maximum atomic E-state index is 13.7. The number of aromatic nitrogens is 2. The van der Waals surface area contributed by atoms with Crippen molar-refractivity contribution in [3.63, 3.8) is 0 Å². The maximum Gasteiger partial charge on any atom is 0.429 e. The molecule has 2 atom stereocenters. The first-order valence-electron chi connectivity index (χ1n) is 10.5. The van der Waals surface area contributed by atoms with Crippen molar-refractivity contribution in [3.8, 4) is 17.1 Å². The second-order valence-electron chi connectivity index (χ2n) is 7.66. The number of rotatable bonds is 8. The van der Waals surface area contributed by atoms with Gasteiger partial charge in [-0.25, -0.2) is 4.98 Å². The monoisotopic (exact) mass is 474 g/mol. The van der Waals surface area contributed by atoms with Crippen LogP contribution in [0.3, 0.4) is 0 Å². The number of halogens is 3. The predicted octanol–water partition coefficient (Wildman–Crippen LogP) is 4.15. The molecule has 1 aromatic heterocycles. The van der Waals surface area contributed by atoms with Gasteiger partial charge in [-0.2, -0.15) is 18.2 Å². The summed E-state index contributed by atoms with van der Waals surface area (Å²) in [5.41, 5.74) is 14.0. The van der Waals surface area contributed by atoms with Crippen molar-refractivity contribution < 1.29 is 27.4 Å². The van der Waals surface area contributed by atoms with Gasteiger partial charge in [0.2, 0.25) is 17.9 Å². The van der Waals surface area contributed by atoms with E-state index in [2.05, 4.69) is 9.97 Å². The van der Waals surface area contributed by atoms with Crippen LogP contribution in [0.4, 0.5) is 19.1 Å². The van der Waals surface area contributed by atoms with Crippen LogP contribution >= 0.6 is 0 Å². The van der Waals surface area contributed by atoms with Gasteiger partial charge in [0.25, 0.3) is 0 Å². The van der Waals surface area contributed by atoms with Crippen molar-refractivity contribution in [1.82, 2.24) is 9.97 Å². The van der Waals surface area contributed by atoms with Gasteiger partial charge in [-0.3, -0.25) is 4.79 Å². The van der Waals surface area contributed by atoms with Crippen LogP contribution in [-0.4, -0.2) is 34.8 Å². The lowest BCUT2D eigenvalue weighted by Crippen LogP contribution is -2.34. The molecule has 0 fully saturated rings. The summed E-state index contributed by atoms with van der Waals surface area (Å²) < 4.78 is 51.3. The lowest BCUT2D eigenvalue weighted by Gasteiger charge is -2.22. The smallest absolute Gasteiger partial charge is 0.429 e. The molecule has 0 aliphatic heterocycles. The topological polar surface area (TPSA) is 113 Å². The number of benzene rings is 2. The number of carbonyl (C=O) groups excluding carboxylic acids is 1. The van der Waals surface area contributed by atoms with Gasteiger partial charge in [0.05, 0.1) is 12.3 Å². The average molecular weight is 474 g/mol. The van der Waals surface area contributed by atoms with E-state index >= 15 is 0 Å². The van der Waals surface area contributed by atoms with Crippen molar-refractivity contribution in [2.24, 2.45) is 5.73 Å². The van der Waals surface area contributed by atoms with E-state index in [4.69, 9.17) is 20.9 Å². The van der Waals surface area contributed by atoms with Gasteiger partial charge in [-0.05, 0) is 25.8 Å². The summed E-state index contributed by atoms with van der Waals surface area (Å²) in [6, 6.07) is 13.2. The third kappa shape index (κ3) is 6.44. The van der Waals surface area contributed by atoms with Crippen LogP contribution in [0.25, 0.3) is 11.3 Å². The molecular formula is C24H25F3N4O3. The molecule has 1 heterocycles. The number of hydrogen-bond donors (Lipinski definition) is 2. The minimum Gasteiger partial charge on any atom is -0.465 e. The number of nitrogens with zero attached hydrogens (tertiary/aromatic N) is 2.